The van der Waals surface area contributed by atoms with Gasteiger partial charge in [0.2, 0.25) is 5.78 Å². The summed E-state index contributed by atoms with van der Waals surface area (Å²) in [5, 5.41) is 2.84. The SMILES string of the molecule is CCC(Oc1cccc(NC(=O)c2ccccc2OC)c1)C(=O)c1ccccc1. The first-order chi connectivity index (χ1) is 14.1. The topological polar surface area (TPSA) is 64.6 Å². The zero-order valence-electron chi connectivity index (χ0n) is 16.4. The lowest BCUT2D eigenvalue weighted by Gasteiger charge is -2.17. The standard InChI is InChI=1S/C24H23NO4/c1-3-21(23(26)17-10-5-4-6-11-17)29-19-13-9-12-18(16-19)25-24(27)20-14-7-8-15-22(20)28-2/h4-16,21H,3H2,1-2H3,(H,25,27). The average Bonchev–Trinajstić information content (AvgIpc) is 2.77. The third kappa shape index (κ3) is 5.02. The van der Waals surface area contributed by atoms with Crippen LogP contribution in [-0.2, 0) is 0 Å². The Morgan fingerprint density at radius 3 is 2.38 bits per heavy atom. The Bertz CT molecular complexity index is 985. The molecule has 5 nitrogen and oxygen atoms in total. The summed E-state index contributed by atoms with van der Waals surface area (Å²) in [6.07, 6.45) is -0.0662. The molecule has 0 saturated heterocycles. The quantitative estimate of drug-likeness (QED) is 0.552. The van der Waals surface area contributed by atoms with Crippen LogP contribution in [0.5, 0.6) is 11.5 Å². The van der Waals surface area contributed by atoms with Crippen LogP contribution in [0.2, 0.25) is 0 Å². The number of anilines is 1. The van der Waals surface area contributed by atoms with Crippen molar-refractivity contribution in [3.63, 3.8) is 0 Å². The van der Waals surface area contributed by atoms with E-state index in [0.717, 1.165) is 0 Å². The van der Waals surface area contributed by atoms with Crippen molar-refractivity contribution in [1.29, 1.82) is 0 Å². The largest absolute Gasteiger partial charge is 0.496 e. The molecule has 0 aromatic heterocycles. The highest BCUT2D eigenvalue weighted by Gasteiger charge is 2.20. The van der Waals surface area contributed by atoms with Gasteiger partial charge in [-0.05, 0) is 30.7 Å². The summed E-state index contributed by atoms with van der Waals surface area (Å²) in [6, 6.07) is 23.1. The molecule has 0 bridgehead atoms. The molecule has 0 aliphatic heterocycles. The molecule has 0 radical (unpaired) electrons. The number of Topliss-reactive ketones (excluding diaryl/α,β-unsaturated/α-hetero) is 1. The molecule has 0 aliphatic carbocycles. The van der Waals surface area contributed by atoms with E-state index in [-0.39, 0.29) is 11.7 Å². The molecule has 1 unspecified atom stereocenters. The number of nitrogens with one attached hydrogen (secondary N) is 1. The van der Waals surface area contributed by atoms with Crippen molar-refractivity contribution in [2.45, 2.75) is 19.4 Å². The molecule has 3 aromatic rings. The first-order valence-electron chi connectivity index (χ1n) is 9.42. The third-order valence-electron chi connectivity index (χ3n) is 4.44. The minimum atomic E-state index is -0.599. The van der Waals surface area contributed by atoms with Crippen molar-refractivity contribution in [3.05, 3.63) is 90.0 Å². The smallest absolute Gasteiger partial charge is 0.259 e. The Kier molecular flexibility index (Phi) is 6.63. The van der Waals surface area contributed by atoms with Gasteiger partial charge in [-0.1, -0.05) is 55.5 Å². The molecule has 1 N–H and O–H groups in total. The summed E-state index contributed by atoms with van der Waals surface area (Å²) < 4.78 is 11.2. The molecular formula is C24H23NO4. The second-order valence-corrected chi connectivity index (χ2v) is 6.43. The van der Waals surface area contributed by atoms with Crippen molar-refractivity contribution in [2.75, 3.05) is 12.4 Å². The van der Waals surface area contributed by atoms with Crippen molar-refractivity contribution >= 4 is 17.4 Å². The van der Waals surface area contributed by atoms with Crippen molar-refractivity contribution < 1.29 is 19.1 Å². The van der Waals surface area contributed by atoms with Gasteiger partial charge in [-0.3, -0.25) is 9.59 Å². The van der Waals surface area contributed by atoms with Crippen LogP contribution in [0.3, 0.4) is 0 Å². The van der Waals surface area contributed by atoms with Gasteiger partial charge in [0.25, 0.3) is 5.91 Å². The van der Waals surface area contributed by atoms with E-state index in [1.165, 1.54) is 7.11 Å². The van der Waals surface area contributed by atoms with E-state index in [2.05, 4.69) is 5.32 Å². The summed E-state index contributed by atoms with van der Waals surface area (Å²) in [6.45, 7) is 1.90. The van der Waals surface area contributed by atoms with E-state index in [4.69, 9.17) is 9.47 Å². The summed E-state index contributed by atoms with van der Waals surface area (Å²) in [4.78, 5) is 25.3. The Hall–Kier alpha value is -3.60. The molecular weight excluding hydrogens is 366 g/mol. The van der Waals surface area contributed by atoms with E-state index in [1.807, 2.05) is 25.1 Å². The monoisotopic (exact) mass is 389 g/mol. The van der Waals surface area contributed by atoms with Crippen LogP contribution >= 0.6 is 0 Å². The second kappa shape index (κ2) is 9.55. The molecule has 3 aromatic carbocycles. The number of hydrogen-bond donors (Lipinski definition) is 1. The van der Waals surface area contributed by atoms with Gasteiger partial charge in [0.15, 0.2) is 6.10 Å². The maximum Gasteiger partial charge on any atom is 0.259 e. The number of rotatable bonds is 8. The minimum absolute atomic E-state index is 0.0726. The Balaban J connectivity index is 1.73. The van der Waals surface area contributed by atoms with Gasteiger partial charge in [0.05, 0.1) is 12.7 Å². The first kappa shape index (κ1) is 20.1. The van der Waals surface area contributed by atoms with Crippen LogP contribution in [-0.4, -0.2) is 24.9 Å². The number of ether oxygens (including phenoxy) is 2. The van der Waals surface area contributed by atoms with E-state index >= 15 is 0 Å². The lowest BCUT2D eigenvalue weighted by atomic mass is 10.0. The average molecular weight is 389 g/mol. The van der Waals surface area contributed by atoms with E-state index in [1.54, 1.807) is 60.7 Å². The zero-order valence-corrected chi connectivity index (χ0v) is 16.4. The summed E-state index contributed by atoms with van der Waals surface area (Å²) >= 11 is 0. The molecule has 1 atom stereocenters. The number of para-hydroxylation sites is 1. The maximum atomic E-state index is 12.7. The van der Waals surface area contributed by atoms with Crippen LogP contribution in [0.25, 0.3) is 0 Å². The van der Waals surface area contributed by atoms with Gasteiger partial charge in [-0.25, -0.2) is 0 Å². The number of amides is 1. The molecule has 0 fully saturated rings. The van der Waals surface area contributed by atoms with Gasteiger partial charge in [0, 0.05) is 17.3 Å². The molecule has 5 heteroatoms. The molecule has 0 aliphatic rings. The first-order valence-corrected chi connectivity index (χ1v) is 9.42. The van der Waals surface area contributed by atoms with E-state index in [0.29, 0.717) is 34.7 Å². The van der Waals surface area contributed by atoms with E-state index in [9.17, 15) is 9.59 Å². The van der Waals surface area contributed by atoms with Gasteiger partial charge in [0.1, 0.15) is 11.5 Å². The Morgan fingerprint density at radius 1 is 0.931 bits per heavy atom. The lowest BCUT2D eigenvalue weighted by Crippen LogP contribution is -2.26. The third-order valence-corrected chi connectivity index (χ3v) is 4.44. The highest BCUT2D eigenvalue weighted by Crippen LogP contribution is 2.23. The summed E-state index contributed by atoms with van der Waals surface area (Å²) in [7, 11) is 1.52. The number of hydrogen-bond acceptors (Lipinski definition) is 4. The summed E-state index contributed by atoms with van der Waals surface area (Å²) in [5.41, 5.74) is 1.62. The van der Waals surface area contributed by atoms with Crippen LogP contribution in [0, 0.1) is 0 Å². The van der Waals surface area contributed by atoms with Crippen molar-refractivity contribution in [2.24, 2.45) is 0 Å². The van der Waals surface area contributed by atoms with Gasteiger partial charge < -0.3 is 14.8 Å². The van der Waals surface area contributed by atoms with Gasteiger partial charge in [-0.15, -0.1) is 0 Å². The van der Waals surface area contributed by atoms with Crippen LogP contribution in [0.4, 0.5) is 5.69 Å². The van der Waals surface area contributed by atoms with Gasteiger partial charge >= 0.3 is 0 Å². The second-order valence-electron chi connectivity index (χ2n) is 6.43. The molecule has 0 saturated carbocycles. The highest BCUT2D eigenvalue weighted by atomic mass is 16.5. The Labute approximate surface area is 170 Å². The van der Waals surface area contributed by atoms with Crippen molar-refractivity contribution in [3.8, 4) is 11.5 Å². The van der Waals surface area contributed by atoms with Gasteiger partial charge in [-0.2, -0.15) is 0 Å². The highest BCUT2D eigenvalue weighted by molar-refractivity contribution is 6.06. The number of carbonyl (C=O) groups is 2. The molecule has 148 valence electrons. The molecule has 0 spiro atoms. The number of benzene rings is 3. The zero-order chi connectivity index (χ0) is 20.6. The number of methoxy groups -OCH3 is 1. The lowest BCUT2D eigenvalue weighted by molar-refractivity contribution is 0.0786. The normalized spacial score (nSPS) is 11.4. The fraction of sp³-hybridized carbons (Fsp3) is 0.167. The number of carbonyl (C=O) groups excluding carboxylic acids is 2. The Morgan fingerprint density at radius 2 is 1.66 bits per heavy atom. The molecule has 1 amide bonds. The predicted molar refractivity (Wildman–Crippen MR) is 113 cm³/mol. The number of ketones is 1. The van der Waals surface area contributed by atoms with Crippen molar-refractivity contribution in [1.82, 2.24) is 0 Å². The molecule has 0 heterocycles. The van der Waals surface area contributed by atoms with Crippen LogP contribution in [0.1, 0.15) is 34.1 Å². The molecule has 29 heavy (non-hydrogen) atoms. The minimum Gasteiger partial charge on any atom is -0.496 e. The maximum absolute atomic E-state index is 12.7. The van der Waals surface area contributed by atoms with Crippen LogP contribution < -0.4 is 14.8 Å². The summed E-state index contributed by atoms with van der Waals surface area (Å²) in [5.74, 6) is 0.652. The predicted octanol–water partition coefficient (Wildman–Crippen LogP) is 4.99. The van der Waals surface area contributed by atoms with Crippen LogP contribution in [0.15, 0.2) is 78.9 Å². The molecule has 3 rings (SSSR count). The fourth-order valence-corrected chi connectivity index (χ4v) is 2.95. The fourth-order valence-electron chi connectivity index (χ4n) is 2.95. The van der Waals surface area contributed by atoms with E-state index < -0.39 is 6.10 Å².